The molecule has 0 aliphatic heterocycles. The molecule has 1 aromatic carbocycles. The number of hydrogen-bond donors (Lipinski definition) is 1. The Kier molecular flexibility index (Phi) is 4.05. The van der Waals surface area contributed by atoms with Crippen molar-refractivity contribution >= 4 is 11.6 Å². The minimum Gasteiger partial charge on any atom is -0.496 e. The zero-order chi connectivity index (χ0) is 16.2. The number of para-hydroxylation sites is 1. The third-order valence-electron chi connectivity index (χ3n) is 3.34. The van der Waals surface area contributed by atoms with Gasteiger partial charge in [-0.15, -0.1) is 0 Å². The van der Waals surface area contributed by atoms with E-state index in [0.717, 1.165) is 0 Å². The number of nitrogens with one attached hydrogen (secondary N) is 1. The summed E-state index contributed by atoms with van der Waals surface area (Å²) in [6.07, 6.45) is 3.44. The van der Waals surface area contributed by atoms with Gasteiger partial charge in [0.1, 0.15) is 11.4 Å². The lowest BCUT2D eigenvalue weighted by atomic mass is 10.1. The molecule has 0 unspecified atom stereocenters. The summed E-state index contributed by atoms with van der Waals surface area (Å²) in [6, 6.07) is 12.6. The van der Waals surface area contributed by atoms with E-state index < -0.39 is 0 Å². The first kappa shape index (κ1) is 14.8. The summed E-state index contributed by atoms with van der Waals surface area (Å²) >= 11 is 0. The Morgan fingerprint density at radius 3 is 2.70 bits per heavy atom. The van der Waals surface area contributed by atoms with Crippen LogP contribution in [0.4, 0.5) is 5.69 Å². The Hall–Kier alpha value is -3.15. The van der Waals surface area contributed by atoms with E-state index in [2.05, 4.69) is 15.4 Å². The van der Waals surface area contributed by atoms with Crippen molar-refractivity contribution in [2.75, 3.05) is 12.4 Å². The second kappa shape index (κ2) is 6.31. The maximum atomic E-state index is 12.5. The Morgan fingerprint density at radius 2 is 1.96 bits per heavy atom. The van der Waals surface area contributed by atoms with Gasteiger partial charge < -0.3 is 10.1 Å². The molecule has 23 heavy (non-hydrogen) atoms. The van der Waals surface area contributed by atoms with Gasteiger partial charge in [-0.3, -0.25) is 14.5 Å². The predicted molar refractivity (Wildman–Crippen MR) is 87.4 cm³/mol. The van der Waals surface area contributed by atoms with Crippen molar-refractivity contribution in [3.05, 3.63) is 60.4 Å². The van der Waals surface area contributed by atoms with Crippen LogP contribution in [0.15, 0.2) is 54.9 Å². The molecule has 2 aromatic heterocycles. The van der Waals surface area contributed by atoms with Crippen molar-refractivity contribution < 1.29 is 9.53 Å². The molecular weight excluding hydrogens is 292 g/mol. The van der Waals surface area contributed by atoms with E-state index in [1.54, 1.807) is 42.3 Å². The van der Waals surface area contributed by atoms with Crippen molar-refractivity contribution in [1.29, 1.82) is 0 Å². The average molecular weight is 308 g/mol. The Labute approximate surface area is 133 Å². The molecule has 0 radical (unpaired) electrons. The van der Waals surface area contributed by atoms with Crippen LogP contribution in [-0.4, -0.2) is 27.8 Å². The molecule has 0 aliphatic rings. The second-order valence-corrected chi connectivity index (χ2v) is 4.93. The molecule has 1 N–H and O–H groups in total. The first-order valence-corrected chi connectivity index (χ1v) is 7.08. The number of anilines is 1. The normalized spacial score (nSPS) is 10.3. The van der Waals surface area contributed by atoms with E-state index in [4.69, 9.17) is 4.74 Å². The standard InChI is InChI=1S/C17H16N4O2/c1-21-11-14(16(20-21)13-8-5-6-10-18-13)19-17(22)12-7-3-4-9-15(12)23-2/h3-11H,1-2H3,(H,19,22). The van der Waals surface area contributed by atoms with Crippen molar-refractivity contribution in [2.24, 2.45) is 7.05 Å². The quantitative estimate of drug-likeness (QED) is 0.804. The van der Waals surface area contributed by atoms with Gasteiger partial charge >= 0.3 is 0 Å². The third-order valence-corrected chi connectivity index (χ3v) is 3.34. The van der Waals surface area contributed by atoms with E-state index in [-0.39, 0.29) is 5.91 Å². The van der Waals surface area contributed by atoms with Gasteiger partial charge in [0.2, 0.25) is 0 Å². The summed E-state index contributed by atoms with van der Waals surface area (Å²) in [6.45, 7) is 0. The maximum Gasteiger partial charge on any atom is 0.259 e. The number of rotatable bonds is 4. The first-order valence-electron chi connectivity index (χ1n) is 7.08. The lowest BCUT2D eigenvalue weighted by Gasteiger charge is -2.08. The molecule has 0 saturated heterocycles. The summed E-state index contributed by atoms with van der Waals surface area (Å²) in [5.41, 5.74) is 2.38. The smallest absolute Gasteiger partial charge is 0.259 e. The Balaban J connectivity index is 1.93. The number of benzene rings is 1. The van der Waals surface area contributed by atoms with E-state index in [9.17, 15) is 4.79 Å². The number of nitrogens with zero attached hydrogens (tertiary/aromatic N) is 3. The van der Waals surface area contributed by atoms with E-state index >= 15 is 0 Å². The largest absolute Gasteiger partial charge is 0.496 e. The number of aromatic nitrogens is 3. The van der Waals surface area contributed by atoms with Crippen LogP contribution in [0.2, 0.25) is 0 Å². The fourth-order valence-electron chi connectivity index (χ4n) is 2.29. The molecule has 0 atom stereocenters. The third kappa shape index (κ3) is 3.06. The highest BCUT2D eigenvalue weighted by atomic mass is 16.5. The van der Waals surface area contributed by atoms with Crippen LogP contribution in [-0.2, 0) is 7.05 Å². The van der Waals surface area contributed by atoms with Crippen LogP contribution in [0.1, 0.15) is 10.4 Å². The minimum absolute atomic E-state index is 0.257. The number of carbonyl (C=O) groups is 1. The molecule has 2 heterocycles. The second-order valence-electron chi connectivity index (χ2n) is 4.93. The van der Waals surface area contributed by atoms with Crippen LogP contribution in [0, 0.1) is 0 Å². The molecule has 6 nitrogen and oxygen atoms in total. The zero-order valence-corrected chi connectivity index (χ0v) is 12.9. The molecule has 3 aromatic rings. The highest BCUT2D eigenvalue weighted by Crippen LogP contribution is 2.26. The van der Waals surface area contributed by atoms with E-state index in [1.165, 1.54) is 7.11 Å². The molecular formula is C17H16N4O2. The summed E-state index contributed by atoms with van der Waals surface area (Å²) in [5, 5.41) is 7.26. The lowest BCUT2D eigenvalue weighted by Crippen LogP contribution is -2.13. The topological polar surface area (TPSA) is 69.0 Å². The number of pyridine rings is 1. The number of amides is 1. The molecule has 0 spiro atoms. The van der Waals surface area contributed by atoms with Crippen molar-refractivity contribution in [3.8, 4) is 17.1 Å². The fraction of sp³-hybridized carbons (Fsp3) is 0.118. The van der Waals surface area contributed by atoms with Gasteiger partial charge in [0.25, 0.3) is 5.91 Å². The number of ether oxygens (including phenoxy) is 1. The molecule has 6 heteroatoms. The van der Waals surface area contributed by atoms with Gasteiger partial charge in [-0.2, -0.15) is 5.10 Å². The van der Waals surface area contributed by atoms with Gasteiger partial charge in [-0.1, -0.05) is 18.2 Å². The fourth-order valence-corrected chi connectivity index (χ4v) is 2.29. The molecule has 0 saturated carbocycles. The molecule has 0 fully saturated rings. The average Bonchev–Trinajstić information content (AvgIpc) is 2.96. The van der Waals surface area contributed by atoms with Crippen LogP contribution in [0.25, 0.3) is 11.4 Å². The number of hydrogen-bond acceptors (Lipinski definition) is 4. The summed E-state index contributed by atoms with van der Waals surface area (Å²) in [5.74, 6) is 0.265. The molecule has 0 bridgehead atoms. The molecule has 1 amide bonds. The predicted octanol–water partition coefficient (Wildman–Crippen LogP) is 2.74. The van der Waals surface area contributed by atoms with E-state index in [1.807, 2.05) is 24.3 Å². The molecule has 116 valence electrons. The van der Waals surface area contributed by atoms with Gasteiger partial charge in [0, 0.05) is 19.4 Å². The highest BCUT2D eigenvalue weighted by Gasteiger charge is 2.17. The molecule has 3 rings (SSSR count). The maximum absolute atomic E-state index is 12.5. The van der Waals surface area contributed by atoms with Crippen molar-refractivity contribution in [3.63, 3.8) is 0 Å². The molecule has 0 aliphatic carbocycles. The van der Waals surface area contributed by atoms with Gasteiger partial charge in [0.05, 0.1) is 24.1 Å². The van der Waals surface area contributed by atoms with Gasteiger partial charge in [-0.25, -0.2) is 0 Å². The lowest BCUT2D eigenvalue weighted by molar-refractivity contribution is 0.102. The summed E-state index contributed by atoms with van der Waals surface area (Å²) in [7, 11) is 3.33. The number of aryl methyl sites for hydroxylation is 1. The number of methoxy groups -OCH3 is 1. The van der Waals surface area contributed by atoms with Crippen molar-refractivity contribution in [1.82, 2.24) is 14.8 Å². The van der Waals surface area contributed by atoms with E-state index in [0.29, 0.717) is 28.4 Å². The number of carbonyl (C=O) groups excluding carboxylic acids is 1. The van der Waals surface area contributed by atoms with Crippen molar-refractivity contribution in [2.45, 2.75) is 0 Å². The zero-order valence-electron chi connectivity index (χ0n) is 12.9. The SMILES string of the molecule is COc1ccccc1C(=O)Nc1cn(C)nc1-c1ccccn1. The van der Waals surface area contributed by atoms with Crippen LogP contribution in [0.3, 0.4) is 0 Å². The Morgan fingerprint density at radius 1 is 1.17 bits per heavy atom. The highest BCUT2D eigenvalue weighted by molar-refractivity contribution is 6.07. The van der Waals surface area contributed by atoms with Crippen LogP contribution < -0.4 is 10.1 Å². The minimum atomic E-state index is -0.257. The summed E-state index contributed by atoms with van der Waals surface area (Å²) < 4.78 is 6.87. The van der Waals surface area contributed by atoms with Crippen LogP contribution >= 0.6 is 0 Å². The van der Waals surface area contributed by atoms with Crippen LogP contribution in [0.5, 0.6) is 5.75 Å². The van der Waals surface area contributed by atoms with Gasteiger partial charge in [0.15, 0.2) is 0 Å². The summed E-state index contributed by atoms with van der Waals surface area (Å²) in [4.78, 5) is 16.8. The Bertz CT molecular complexity index is 828. The first-order chi connectivity index (χ1) is 11.2. The monoisotopic (exact) mass is 308 g/mol. The van der Waals surface area contributed by atoms with Gasteiger partial charge in [-0.05, 0) is 24.3 Å².